The average Bonchev–Trinajstić information content (AvgIpc) is 3.21. The zero-order valence-corrected chi connectivity index (χ0v) is 17.2. The Hall–Kier alpha value is -4.14. The van der Waals surface area contributed by atoms with Crippen molar-refractivity contribution < 1.29 is 23.6 Å². The number of nitro benzene ring substituents is 1. The van der Waals surface area contributed by atoms with Gasteiger partial charge in [-0.05, 0) is 43.2 Å². The number of nitrogens with one attached hydrogen (secondary N) is 1. The van der Waals surface area contributed by atoms with Crippen molar-refractivity contribution in [1.82, 2.24) is 5.43 Å². The highest BCUT2D eigenvalue weighted by atomic mass is 16.6. The number of nitrogens with zero attached hydrogens (tertiary/aromatic N) is 2. The summed E-state index contributed by atoms with van der Waals surface area (Å²) in [4.78, 5) is 22.4. The van der Waals surface area contributed by atoms with Gasteiger partial charge in [-0.3, -0.25) is 14.9 Å². The number of hydrogen-bond donors (Lipinski definition) is 1. The summed E-state index contributed by atoms with van der Waals surface area (Å²) in [6, 6.07) is 13.3. The second-order valence-electron chi connectivity index (χ2n) is 6.65. The molecule has 0 aliphatic heterocycles. The quantitative estimate of drug-likeness (QED) is 0.332. The molecule has 0 radical (unpaired) electrons. The van der Waals surface area contributed by atoms with Gasteiger partial charge in [0, 0.05) is 6.07 Å². The Labute approximate surface area is 178 Å². The van der Waals surface area contributed by atoms with Gasteiger partial charge in [0.25, 0.3) is 11.6 Å². The zero-order chi connectivity index (χ0) is 22.4. The van der Waals surface area contributed by atoms with Crippen LogP contribution in [-0.4, -0.2) is 30.8 Å². The molecule has 160 valence electrons. The van der Waals surface area contributed by atoms with Crippen molar-refractivity contribution in [3.63, 3.8) is 0 Å². The van der Waals surface area contributed by atoms with E-state index in [2.05, 4.69) is 10.5 Å². The molecule has 1 aromatic heterocycles. The van der Waals surface area contributed by atoms with Crippen molar-refractivity contribution in [2.45, 2.75) is 13.8 Å². The van der Waals surface area contributed by atoms with Crippen molar-refractivity contribution >= 4 is 17.8 Å². The van der Waals surface area contributed by atoms with Crippen LogP contribution in [0.1, 0.15) is 16.9 Å². The number of methoxy groups -OCH3 is 1. The first-order valence-electron chi connectivity index (χ1n) is 9.32. The van der Waals surface area contributed by atoms with Crippen LogP contribution < -0.4 is 14.9 Å². The van der Waals surface area contributed by atoms with Crippen molar-refractivity contribution in [1.29, 1.82) is 0 Å². The highest BCUT2D eigenvalue weighted by molar-refractivity contribution is 5.82. The van der Waals surface area contributed by atoms with Crippen LogP contribution in [0.4, 0.5) is 5.69 Å². The second kappa shape index (κ2) is 9.57. The van der Waals surface area contributed by atoms with Gasteiger partial charge in [-0.15, -0.1) is 0 Å². The Balaban J connectivity index is 1.61. The molecule has 3 rings (SSSR count). The van der Waals surface area contributed by atoms with Gasteiger partial charge in [0.05, 0.1) is 29.9 Å². The number of nitro groups is 1. The number of carbonyl (C=O) groups excluding carboxylic acids is 1. The number of aryl methyl sites for hydroxylation is 2. The van der Waals surface area contributed by atoms with E-state index in [1.54, 1.807) is 18.2 Å². The lowest BCUT2D eigenvalue weighted by Crippen LogP contribution is -2.24. The maximum absolute atomic E-state index is 12.0. The van der Waals surface area contributed by atoms with Crippen LogP contribution in [0.25, 0.3) is 11.3 Å². The van der Waals surface area contributed by atoms with Gasteiger partial charge in [-0.25, -0.2) is 5.43 Å². The molecular weight excluding hydrogens is 402 g/mol. The van der Waals surface area contributed by atoms with Crippen LogP contribution in [0.2, 0.25) is 0 Å². The van der Waals surface area contributed by atoms with E-state index in [0.29, 0.717) is 28.6 Å². The first kappa shape index (κ1) is 21.6. The van der Waals surface area contributed by atoms with Crippen LogP contribution in [0.5, 0.6) is 11.5 Å². The van der Waals surface area contributed by atoms with Crippen LogP contribution in [0.3, 0.4) is 0 Å². The van der Waals surface area contributed by atoms with Gasteiger partial charge >= 0.3 is 0 Å². The van der Waals surface area contributed by atoms with E-state index >= 15 is 0 Å². The lowest BCUT2D eigenvalue weighted by molar-refractivity contribution is -0.384. The topological polar surface area (TPSA) is 116 Å². The molecule has 31 heavy (non-hydrogen) atoms. The Kier molecular flexibility index (Phi) is 6.66. The van der Waals surface area contributed by atoms with E-state index in [-0.39, 0.29) is 12.3 Å². The molecule has 9 heteroatoms. The molecule has 0 fully saturated rings. The predicted molar refractivity (Wildman–Crippen MR) is 114 cm³/mol. The SMILES string of the molecule is COc1cc([N+](=O)[O-])ccc1-c1ccc(/C=N/NC(=O)COc2c(C)cccc2C)o1. The fourth-order valence-electron chi connectivity index (χ4n) is 2.93. The van der Waals surface area contributed by atoms with Gasteiger partial charge in [0.1, 0.15) is 23.0 Å². The smallest absolute Gasteiger partial charge is 0.277 e. The largest absolute Gasteiger partial charge is 0.496 e. The maximum Gasteiger partial charge on any atom is 0.277 e. The van der Waals surface area contributed by atoms with E-state index in [9.17, 15) is 14.9 Å². The van der Waals surface area contributed by atoms with E-state index in [4.69, 9.17) is 13.9 Å². The monoisotopic (exact) mass is 423 g/mol. The molecule has 1 amide bonds. The molecular formula is C22H21N3O6. The third-order valence-electron chi connectivity index (χ3n) is 4.43. The zero-order valence-electron chi connectivity index (χ0n) is 17.2. The fraction of sp³-hybridized carbons (Fsp3) is 0.182. The van der Waals surface area contributed by atoms with E-state index < -0.39 is 10.8 Å². The van der Waals surface area contributed by atoms with Crippen molar-refractivity contribution in [3.05, 3.63) is 75.5 Å². The number of carbonyl (C=O) groups is 1. The number of amides is 1. The first-order valence-corrected chi connectivity index (χ1v) is 9.32. The van der Waals surface area contributed by atoms with Gasteiger partial charge in [-0.1, -0.05) is 18.2 Å². The normalized spacial score (nSPS) is 10.8. The third-order valence-corrected chi connectivity index (χ3v) is 4.43. The maximum atomic E-state index is 12.0. The number of ether oxygens (including phenoxy) is 2. The number of rotatable bonds is 8. The number of para-hydroxylation sites is 1. The summed E-state index contributed by atoms with van der Waals surface area (Å²) < 4.78 is 16.5. The van der Waals surface area contributed by atoms with Crippen molar-refractivity contribution in [2.75, 3.05) is 13.7 Å². The highest BCUT2D eigenvalue weighted by Crippen LogP contribution is 2.34. The van der Waals surface area contributed by atoms with E-state index in [0.717, 1.165) is 11.1 Å². The predicted octanol–water partition coefficient (Wildman–Crippen LogP) is 4.01. The molecule has 0 bridgehead atoms. The lowest BCUT2D eigenvalue weighted by atomic mass is 10.1. The minimum absolute atomic E-state index is 0.0836. The highest BCUT2D eigenvalue weighted by Gasteiger charge is 2.15. The summed E-state index contributed by atoms with van der Waals surface area (Å²) in [5.74, 6) is 1.39. The lowest BCUT2D eigenvalue weighted by Gasteiger charge is -2.10. The summed E-state index contributed by atoms with van der Waals surface area (Å²) in [5, 5.41) is 14.8. The summed E-state index contributed by atoms with van der Waals surface area (Å²) >= 11 is 0. The molecule has 0 spiro atoms. The summed E-state index contributed by atoms with van der Waals surface area (Å²) in [6.07, 6.45) is 1.35. The molecule has 2 aromatic carbocycles. The van der Waals surface area contributed by atoms with Crippen molar-refractivity contribution in [3.8, 4) is 22.8 Å². The molecule has 0 saturated carbocycles. The van der Waals surface area contributed by atoms with Gasteiger partial charge < -0.3 is 13.9 Å². The number of benzene rings is 2. The van der Waals surface area contributed by atoms with E-state index in [1.807, 2.05) is 32.0 Å². The minimum atomic E-state index is -0.501. The minimum Gasteiger partial charge on any atom is -0.496 e. The number of non-ortho nitro benzene ring substituents is 1. The first-order chi connectivity index (χ1) is 14.9. The number of hydrogen-bond acceptors (Lipinski definition) is 7. The van der Waals surface area contributed by atoms with Crippen LogP contribution >= 0.6 is 0 Å². The Morgan fingerprint density at radius 3 is 2.61 bits per heavy atom. The van der Waals surface area contributed by atoms with Crippen LogP contribution in [-0.2, 0) is 4.79 Å². The van der Waals surface area contributed by atoms with Crippen LogP contribution in [0.15, 0.2) is 58.0 Å². The Morgan fingerprint density at radius 2 is 1.94 bits per heavy atom. The molecule has 1 N–H and O–H groups in total. The second-order valence-corrected chi connectivity index (χ2v) is 6.65. The summed E-state index contributed by atoms with van der Waals surface area (Å²) in [7, 11) is 1.42. The standard InChI is InChI=1S/C22H21N3O6/c1-14-5-4-6-15(2)22(14)30-13-21(26)24-23-12-17-8-10-19(31-17)18-9-7-16(25(27)28)11-20(18)29-3/h4-12H,13H2,1-3H3,(H,24,26)/b23-12+. The fourth-order valence-corrected chi connectivity index (χ4v) is 2.93. The number of hydrazone groups is 1. The van der Waals surface area contributed by atoms with Gasteiger partial charge in [0.15, 0.2) is 6.61 Å². The van der Waals surface area contributed by atoms with E-state index in [1.165, 1.54) is 25.5 Å². The number of furan rings is 1. The Morgan fingerprint density at radius 1 is 1.19 bits per heavy atom. The molecule has 0 saturated heterocycles. The molecule has 3 aromatic rings. The molecule has 0 aliphatic rings. The summed E-state index contributed by atoms with van der Waals surface area (Å²) in [5.41, 5.74) is 4.74. The molecule has 0 atom stereocenters. The Bertz CT molecular complexity index is 1120. The van der Waals surface area contributed by atoms with Crippen molar-refractivity contribution in [2.24, 2.45) is 5.10 Å². The average molecular weight is 423 g/mol. The molecule has 1 heterocycles. The molecule has 0 unspecified atom stereocenters. The van der Waals surface area contributed by atoms with Gasteiger partial charge in [-0.2, -0.15) is 5.10 Å². The third kappa shape index (κ3) is 5.27. The van der Waals surface area contributed by atoms with Crippen LogP contribution in [0, 0.1) is 24.0 Å². The molecule has 0 aliphatic carbocycles. The van der Waals surface area contributed by atoms with Gasteiger partial charge in [0.2, 0.25) is 0 Å². The summed E-state index contributed by atoms with van der Waals surface area (Å²) in [6.45, 7) is 3.64. The molecule has 9 nitrogen and oxygen atoms in total.